The molecule has 1 aromatic heterocycles. The molecule has 1 unspecified atom stereocenters. The van der Waals surface area contributed by atoms with E-state index in [1.165, 1.54) is 0 Å². The van der Waals surface area contributed by atoms with Crippen LogP contribution >= 0.6 is 0 Å². The van der Waals surface area contributed by atoms with Crippen molar-refractivity contribution in [3.05, 3.63) is 17.7 Å². The van der Waals surface area contributed by atoms with E-state index < -0.39 is 11.7 Å². The molecule has 0 bridgehead atoms. The quantitative estimate of drug-likeness (QED) is 0.919. The zero-order valence-electron chi connectivity index (χ0n) is 10.8. The van der Waals surface area contributed by atoms with Crippen LogP contribution in [0.4, 0.5) is 24.8 Å². The van der Waals surface area contributed by atoms with Crippen molar-refractivity contribution in [2.75, 3.05) is 37.5 Å². The van der Waals surface area contributed by atoms with Gasteiger partial charge >= 0.3 is 6.18 Å². The summed E-state index contributed by atoms with van der Waals surface area (Å²) >= 11 is 0. The predicted molar refractivity (Wildman–Crippen MR) is 66.4 cm³/mol. The molecule has 4 nitrogen and oxygen atoms in total. The van der Waals surface area contributed by atoms with Crippen LogP contribution in [0.2, 0.25) is 0 Å². The van der Waals surface area contributed by atoms with Gasteiger partial charge < -0.3 is 15.0 Å². The van der Waals surface area contributed by atoms with E-state index >= 15 is 0 Å². The first-order chi connectivity index (χ1) is 8.91. The Labute approximate surface area is 109 Å². The number of halogens is 3. The molecule has 1 atom stereocenters. The zero-order chi connectivity index (χ0) is 14.0. The van der Waals surface area contributed by atoms with Crippen LogP contribution in [0, 0.1) is 0 Å². The Balaban J connectivity index is 2.33. The van der Waals surface area contributed by atoms with Crippen molar-refractivity contribution in [3.8, 4) is 0 Å². The topological polar surface area (TPSA) is 37.4 Å². The number of nitrogens with one attached hydrogen (secondary N) is 1. The minimum absolute atomic E-state index is 0.0701. The van der Waals surface area contributed by atoms with Crippen molar-refractivity contribution in [3.63, 3.8) is 0 Å². The largest absolute Gasteiger partial charge is 0.416 e. The Hall–Kier alpha value is -1.50. The molecule has 0 aliphatic carbocycles. The van der Waals surface area contributed by atoms with Crippen molar-refractivity contribution < 1.29 is 17.9 Å². The Morgan fingerprint density at radius 1 is 1.42 bits per heavy atom. The molecule has 1 aliphatic rings. The smallest absolute Gasteiger partial charge is 0.379 e. The first-order valence-corrected chi connectivity index (χ1v) is 5.99. The van der Waals surface area contributed by atoms with Crippen LogP contribution in [-0.4, -0.2) is 38.3 Å². The van der Waals surface area contributed by atoms with Gasteiger partial charge in [0.1, 0.15) is 11.6 Å². The molecule has 1 aliphatic heterocycles. The van der Waals surface area contributed by atoms with E-state index in [9.17, 15) is 13.2 Å². The molecular weight excluding hydrogens is 259 g/mol. The maximum atomic E-state index is 12.8. The summed E-state index contributed by atoms with van der Waals surface area (Å²) in [6, 6.07) is 2.14. The number of likely N-dealkylation sites (N-methyl/N-ethyl adjacent to an activating group) is 1. The number of rotatable bonds is 3. The van der Waals surface area contributed by atoms with Crippen molar-refractivity contribution >= 4 is 11.6 Å². The average molecular weight is 275 g/mol. The minimum atomic E-state index is -4.38. The standard InChI is InChI=1S/C12H16F3N3O/c1-16-10-5-8(12(13,14)15)6-11(17-10)18(2)9-3-4-19-7-9/h5-6,9H,3-4,7H2,1-2H3,(H,16,17). The molecule has 1 saturated heterocycles. The third-order valence-corrected chi connectivity index (χ3v) is 3.21. The average Bonchev–Trinajstić information content (AvgIpc) is 2.90. The third-order valence-electron chi connectivity index (χ3n) is 3.21. The van der Waals surface area contributed by atoms with E-state index in [4.69, 9.17) is 4.74 Å². The van der Waals surface area contributed by atoms with Gasteiger partial charge in [-0.15, -0.1) is 0 Å². The van der Waals surface area contributed by atoms with Crippen LogP contribution in [0.25, 0.3) is 0 Å². The maximum Gasteiger partial charge on any atom is 0.416 e. The lowest BCUT2D eigenvalue weighted by Crippen LogP contribution is -2.32. The van der Waals surface area contributed by atoms with Gasteiger partial charge in [0.05, 0.1) is 18.2 Å². The maximum absolute atomic E-state index is 12.8. The summed E-state index contributed by atoms with van der Waals surface area (Å²) in [6.07, 6.45) is -3.58. The third kappa shape index (κ3) is 3.09. The summed E-state index contributed by atoms with van der Waals surface area (Å²) in [4.78, 5) is 5.91. The molecule has 7 heteroatoms. The molecule has 2 rings (SSSR count). The van der Waals surface area contributed by atoms with Crippen LogP contribution in [-0.2, 0) is 10.9 Å². The Kier molecular flexibility index (Phi) is 3.84. The van der Waals surface area contributed by atoms with E-state index in [1.54, 1.807) is 19.0 Å². The van der Waals surface area contributed by atoms with Gasteiger partial charge in [0.15, 0.2) is 0 Å². The predicted octanol–water partition coefficient (Wildman–Crippen LogP) is 2.37. The Morgan fingerprint density at radius 2 is 2.16 bits per heavy atom. The van der Waals surface area contributed by atoms with Crippen LogP contribution in [0.3, 0.4) is 0 Å². The van der Waals surface area contributed by atoms with Crippen molar-refractivity contribution in [2.45, 2.75) is 18.6 Å². The first-order valence-electron chi connectivity index (χ1n) is 5.99. The Morgan fingerprint density at radius 3 is 2.68 bits per heavy atom. The van der Waals surface area contributed by atoms with Gasteiger partial charge in [0, 0.05) is 20.7 Å². The van der Waals surface area contributed by atoms with Crippen molar-refractivity contribution in [2.24, 2.45) is 0 Å². The molecule has 0 amide bonds. The van der Waals surface area contributed by atoms with Gasteiger partial charge in [-0.25, -0.2) is 4.98 Å². The number of alkyl halides is 3. The first kappa shape index (κ1) is 13.9. The fraction of sp³-hybridized carbons (Fsp3) is 0.583. The summed E-state index contributed by atoms with van der Waals surface area (Å²) in [5, 5.41) is 2.66. The summed E-state index contributed by atoms with van der Waals surface area (Å²) in [5.74, 6) is 0.505. The highest BCUT2D eigenvalue weighted by molar-refractivity contribution is 5.51. The molecule has 19 heavy (non-hydrogen) atoms. The minimum Gasteiger partial charge on any atom is -0.379 e. The van der Waals surface area contributed by atoms with E-state index in [0.29, 0.717) is 19.0 Å². The number of ether oxygens (including phenoxy) is 1. The number of aromatic nitrogens is 1. The lowest BCUT2D eigenvalue weighted by Gasteiger charge is -2.25. The van der Waals surface area contributed by atoms with E-state index in [2.05, 4.69) is 10.3 Å². The van der Waals surface area contributed by atoms with E-state index in [0.717, 1.165) is 18.6 Å². The molecule has 0 aromatic carbocycles. The number of nitrogens with zero attached hydrogens (tertiary/aromatic N) is 2. The highest BCUT2D eigenvalue weighted by Gasteiger charge is 2.32. The van der Waals surface area contributed by atoms with E-state index in [1.807, 2.05) is 0 Å². The number of hydrogen-bond donors (Lipinski definition) is 1. The van der Waals surface area contributed by atoms with Crippen molar-refractivity contribution in [1.29, 1.82) is 0 Å². The fourth-order valence-corrected chi connectivity index (χ4v) is 2.00. The molecule has 2 heterocycles. The van der Waals surface area contributed by atoms with E-state index in [-0.39, 0.29) is 11.9 Å². The van der Waals surface area contributed by atoms with Crippen LogP contribution in [0.1, 0.15) is 12.0 Å². The van der Waals surface area contributed by atoms with Gasteiger partial charge in [-0.1, -0.05) is 0 Å². The normalized spacial score (nSPS) is 19.5. The number of anilines is 2. The zero-order valence-corrected chi connectivity index (χ0v) is 10.8. The molecule has 0 saturated carbocycles. The fourth-order valence-electron chi connectivity index (χ4n) is 2.00. The second-order valence-electron chi connectivity index (χ2n) is 4.48. The van der Waals surface area contributed by atoms with Gasteiger partial charge in [-0.3, -0.25) is 0 Å². The molecule has 1 aromatic rings. The highest BCUT2D eigenvalue weighted by Crippen LogP contribution is 2.33. The number of pyridine rings is 1. The van der Waals surface area contributed by atoms with Crippen LogP contribution in [0.15, 0.2) is 12.1 Å². The van der Waals surface area contributed by atoms with Crippen molar-refractivity contribution in [1.82, 2.24) is 4.98 Å². The summed E-state index contributed by atoms with van der Waals surface area (Å²) < 4.78 is 43.7. The second kappa shape index (κ2) is 5.24. The summed E-state index contributed by atoms with van der Waals surface area (Å²) in [6.45, 7) is 1.15. The number of hydrogen-bond acceptors (Lipinski definition) is 4. The lowest BCUT2D eigenvalue weighted by atomic mass is 10.2. The molecular formula is C12H16F3N3O. The van der Waals surface area contributed by atoms with Crippen LogP contribution < -0.4 is 10.2 Å². The SMILES string of the molecule is CNc1cc(C(F)(F)F)cc(N(C)C2CCOC2)n1. The van der Waals surface area contributed by atoms with Gasteiger partial charge in [-0.2, -0.15) is 13.2 Å². The molecule has 1 N–H and O–H groups in total. The Bertz CT molecular complexity index is 444. The van der Waals surface area contributed by atoms with Gasteiger partial charge in [0.2, 0.25) is 0 Å². The lowest BCUT2D eigenvalue weighted by molar-refractivity contribution is -0.137. The highest BCUT2D eigenvalue weighted by atomic mass is 19.4. The van der Waals surface area contributed by atoms with Gasteiger partial charge in [-0.05, 0) is 18.6 Å². The second-order valence-corrected chi connectivity index (χ2v) is 4.48. The monoisotopic (exact) mass is 275 g/mol. The summed E-state index contributed by atoms with van der Waals surface area (Å²) in [7, 11) is 3.28. The molecule has 106 valence electrons. The summed E-state index contributed by atoms with van der Waals surface area (Å²) in [5.41, 5.74) is -0.701. The molecule has 1 fully saturated rings. The molecule has 0 radical (unpaired) electrons. The van der Waals surface area contributed by atoms with Gasteiger partial charge in [0.25, 0.3) is 0 Å². The molecule has 0 spiro atoms. The van der Waals surface area contributed by atoms with Crippen LogP contribution in [0.5, 0.6) is 0 Å².